The van der Waals surface area contributed by atoms with Crippen LogP contribution in [0.3, 0.4) is 0 Å². The number of anilines is 1. The number of nitrogens with zero attached hydrogens (tertiary/aromatic N) is 2. The molecule has 0 radical (unpaired) electrons. The van der Waals surface area contributed by atoms with Gasteiger partial charge in [-0.1, -0.05) is 0 Å². The lowest BCUT2D eigenvalue weighted by Crippen LogP contribution is -2.38. The van der Waals surface area contributed by atoms with Crippen molar-refractivity contribution in [1.82, 2.24) is 9.88 Å². The highest BCUT2D eigenvalue weighted by atomic mass is 16.5. The molecule has 1 amide bonds. The van der Waals surface area contributed by atoms with E-state index in [1.165, 1.54) is 0 Å². The molecule has 9 nitrogen and oxygen atoms in total. The Bertz CT molecular complexity index is 1190. The van der Waals surface area contributed by atoms with E-state index in [1.807, 2.05) is 38.1 Å². The number of methoxy groups -OCH3 is 2. The smallest absolute Gasteiger partial charge is 0.411 e. The van der Waals surface area contributed by atoms with Gasteiger partial charge >= 0.3 is 6.09 Å². The van der Waals surface area contributed by atoms with E-state index in [-0.39, 0.29) is 0 Å². The molecule has 1 N–H and O–H groups in total. The van der Waals surface area contributed by atoms with Gasteiger partial charge in [0.15, 0.2) is 11.5 Å². The van der Waals surface area contributed by atoms with Crippen molar-refractivity contribution in [3.63, 3.8) is 0 Å². The largest absolute Gasteiger partial charge is 0.493 e. The van der Waals surface area contributed by atoms with E-state index in [9.17, 15) is 4.79 Å². The highest BCUT2D eigenvalue weighted by molar-refractivity contribution is 5.89. The summed E-state index contributed by atoms with van der Waals surface area (Å²) >= 11 is 0. The Morgan fingerprint density at radius 2 is 1.74 bits per heavy atom. The number of ether oxygens (including phenoxy) is 5. The van der Waals surface area contributed by atoms with Crippen molar-refractivity contribution in [2.45, 2.75) is 13.8 Å². The first kappa shape index (κ1) is 24.6. The fourth-order valence-corrected chi connectivity index (χ4v) is 3.93. The molecule has 186 valence electrons. The second-order valence-electron chi connectivity index (χ2n) is 8.21. The summed E-state index contributed by atoms with van der Waals surface area (Å²) in [7, 11) is 3.18. The van der Waals surface area contributed by atoms with E-state index < -0.39 is 6.09 Å². The first-order valence-electron chi connectivity index (χ1n) is 11.5. The minimum absolute atomic E-state index is 0.328. The molecule has 1 aliphatic heterocycles. The molecule has 1 aromatic heterocycles. The number of carbonyl (C=O) groups excluding carboxylic acids is 1. The maximum absolute atomic E-state index is 12.3. The number of amides is 1. The van der Waals surface area contributed by atoms with Crippen LogP contribution >= 0.6 is 0 Å². The Labute approximate surface area is 204 Å². The van der Waals surface area contributed by atoms with E-state index in [4.69, 9.17) is 23.7 Å². The number of hydrogen-bond acceptors (Lipinski definition) is 8. The molecule has 1 fully saturated rings. The molecule has 0 unspecified atom stereocenters. The Morgan fingerprint density at radius 1 is 1.00 bits per heavy atom. The van der Waals surface area contributed by atoms with E-state index >= 15 is 0 Å². The number of fused-ring (bicyclic) bond motifs is 1. The summed E-state index contributed by atoms with van der Waals surface area (Å²) in [5, 5.41) is 3.64. The summed E-state index contributed by atoms with van der Waals surface area (Å²) in [5.41, 5.74) is 3.21. The quantitative estimate of drug-likeness (QED) is 0.501. The van der Waals surface area contributed by atoms with Crippen LogP contribution in [0.1, 0.15) is 11.1 Å². The topological polar surface area (TPSA) is 91.4 Å². The Morgan fingerprint density at radius 3 is 2.49 bits per heavy atom. The molecule has 0 atom stereocenters. The molecule has 2 heterocycles. The first-order valence-corrected chi connectivity index (χ1v) is 11.5. The molecule has 35 heavy (non-hydrogen) atoms. The van der Waals surface area contributed by atoms with Gasteiger partial charge in [-0.2, -0.15) is 0 Å². The zero-order valence-electron chi connectivity index (χ0n) is 20.6. The van der Waals surface area contributed by atoms with Crippen molar-refractivity contribution in [1.29, 1.82) is 0 Å². The summed E-state index contributed by atoms with van der Waals surface area (Å²) in [6, 6.07) is 9.12. The van der Waals surface area contributed by atoms with Crippen LogP contribution in [0, 0.1) is 13.8 Å². The lowest BCUT2D eigenvalue weighted by molar-refractivity contribution is 0.0290. The van der Waals surface area contributed by atoms with Gasteiger partial charge in [0.1, 0.15) is 18.1 Å². The molecule has 0 bridgehead atoms. The van der Waals surface area contributed by atoms with Gasteiger partial charge < -0.3 is 23.7 Å². The molecule has 9 heteroatoms. The summed E-state index contributed by atoms with van der Waals surface area (Å²) < 4.78 is 27.8. The molecule has 1 saturated heterocycles. The Hall–Kier alpha value is -3.56. The van der Waals surface area contributed by atoms with Gasteiger partial charge in [-0.15, -0.1) is 0 Å². The molecule has 0 saturated carbocycles. The highest BCUT2D eigenvalue weighted by Gasteiger charge is 2.15. The molecular weight excluding hydrogens is 450 g/mol. The number of aromatic nitrogens is 1. The van der Waals surface area contributed by atoms with Crippen LogP contribution < -0.4 is 19.5 Å². The monoisotopic (exact) mass is 481 g/mol. The maximum Gasteiger partial charge on any atom is 0.411 e. The number of pyridine rings is 1. The van der Waals surface area contributed by atoms with Gasteiger partial charge in [0.2, 0.25) is 0 Å². The third-order valence-electron chi connectivity index (χ3n) is 6.15. The van der Waals surface area contributed by atoms with Crippen LogP contribution in [0.4, 0.5) is 10.5 Å². The molecule has 2 aromatic carbocycles. The summed E-state index contributed by atoms with van der Waals surface area (Å²) in [6.07, 6.45) is 1.21. The van der Waals surface area contributed by atoms with E-state index in [1.54, 1.807) is 26.5 Å². The minimum atomic E-state index is -0.476. The SMILES string of the molecule is COc1cc2nccc(Oc3ccc(NC(=O)OCCN4CCOCC4)c(C)c3C)c2cc1OC. The average molecular weight is 482 g/mol. The maximum atomic E-state index is 12.3. The standard InChI is InChI=1S/C26H31N3O6/c1-17-18(2)22(6-5-20(17)28-26(30)34-14-11-29-9-12-33-13-10-29)35-23-7-8-27-21-16-25(32-4)24(31-3)15-19(21)23/h5-8,15-16H,9-14H2,1-4H3,(H,28,30). The lowest BCUT2D eigenvalue weighted by atomic mass is 10.1. The predicted molar refractivity (Wildman–Crippen MR) is 133 cm³/mol. The molecule has 0 spiro atoms. The zero-order chi connectivity index (χ0) is 24.8. The van der Waals surface area contributed by atoms with Crippen molar-refractivity contribution in [3.8, 4) is 23.0 Å². The number of nitrogens with one attached hydrogen (secondary N) is 1. The average Bonchev–Trinajstić information content (AvgIpc) is 2.88. The number of benzene rings is 2. The summed E-state index contributed by atoms with van der Waals surface area (Å²) in [4.78, 5) is 19.0. The normalized spacial score (nSPS) is 13.9. The zero-order valence-corrected chi connectivity index (χ0v) is 20.6. The second kappa shape index (κ2) is 11.2. The van der Waals surface area contributed by atoms with Crippen molar-refractivity contribution in [2.24, 2.45) is 0 Å². The second-order valence-corrected chi connectivity index (χ2v) is 8.21. The Balaban J connectivity index is 1.45. The molecule has 0 aliphatic carbocycles. The van der Waals surface area contributed by atoms with Crippen molar-refractivity contribution < 1.29 is 28.5 Å². The van der Waals surface area contributed by atoms with Crippen molar-refractivity contribution in [3.05, 3.63) is 47.7 Å². The third kappa shape index (κ3) is 5.75. The Kier molecular flexibility index (Phi) is 7.89. The van der Waals surface area contributed by atoms with E-state index in [2.05, 4.69) is 15.2 Å². The highest BCUT2D eigenvalue weighted by Crippen LogP contribution is 2.38. The van der Waals surface area contributed by atoms with Gasteiger partial charge in [0, 0.05) is 43.0 Å². The molecular formula is C26H31N3O6. The van der Waals surface area contributed by atoms with Crippen molar-refractivity contribution in [2.75, 3.05) is 59.0 Å². The summed E-state index contributed by atoms with van der Waals surface area (Å²) in [5.74, 6) is 2.51. The van der Waals surface area contributed by atoms with Gasteiger partial charge in [-0.3, -0.25) is 15.2 Å². The van der Waals surface area contributed by atoms with E-state index in [0.717, 1.165) is 48.3 Å². The van der Waals surface area contributed by atoms with Crippen LogP contribution in [0.25, 0.3) is 10.9 Å². The molecule has 1 aliphatic rings. The fourth-order valence-electron chi connectivity index (χ4n) is 3.93. The van der Waals surface area contributed by atoms with Gasteiger partial charge in [0.05, 0.1) is 33.0 Å². The first-order chi connectivity index (χ1) is 17.0. The summed E-state index contributed by atoms with van der Waals surface area (Å²) in [6.45, 7) is 8.06. The number of rotatable bonds is 8. The van der Waals surface area contributed by atoms with Crippen LogP contribution in [-0.4, -0.2) is 69.7 Å². The predicted octanol–water partition coefficient (Wildman–Crippen LogP) is 4.54. The van der Waals surface area contributed by atoms with Crippen LogP contribution in [-0.2, 0) is 9.47 Å². The van der Waals surface area contributed by atoms with Gasteiger partial charge in [-0.05, 0) is 49.2 Å². The van der Waals surface area contributed by atoms with E-state index in [0.29, 0.717) is 41.8 Å². The minimum Gasteiger partial charge on any atom is -0.493 e. The molecule has 3 aromatic rings. The lowest BCUT2D eigenvalue weighted by Gasteiger charge is -2.26. The van der Waals surface area contributed by atoms with Gasteiger partial charge in [0.25, 0.3) is 0 Å². The van der Waals surface area contributed by atoms with Crippen LogP contribution in [0.15, 0.2) is 36.5 Å². The van der Waals surface area contributed by atoms with Crippen molar-refractivity contribution >= 4 is 22.7 Å². The fraction of sp³-hybridized carbons (Fsp3) is 0.385. The van der Waals surface area contributed by atoms with Crippen LogP contribution in [0.5, 0.6) is 23.0 Å². The number of carbonyl (C=O) groups is 1. The van der Waals surface area contributed by atoms with Gasteiger partial charge in [-0.25, -0.2) is 4.79 Å². The molecule has 4 rings (SSSR count). The number of morpholine rings is 1. The third-order valence-corrected chi connectivity index (χ3v) is 6.15. The van der Waals surface area contributed by atoms with Crippen LogP contribution in [0.2, 0.25) is 0 Å². The number of hydrogen-bond donors (Lipinski definition) is 1.